The highest BCUT2D eigenvalue weighted by Crippen LogP contribution is 2.23. The Morgan fingerprint density at radius 3 is 2.60 bits per heavy atom. The molecule has 1 saturated heterocycles. The molecule has 2 aromatic rings. The number of anilines is 1. The van der Waals surface area contributed by atoms with Gasteiger partial charge in [0.15, 0.2) is 0 Å². The highest BCUT2D eigenvalue weighted by molar-refractivity contribution is 5.97. The molecule has 2 amide bonds. The average Bonchev–Trinajstić information content (AvgIpc) is 2.98. The van der Waals surface area contributed by atoms with Crippen LogP contribution in [0.4, 0.5) is 5.69 Å². The Labute approximate surface area is 148 Å². The van der Waals surface area contributed by atoms with Crippen LogP contribution < -0.4 is 5.32 Å². The van der Waals surface area contributed by atoms with Gasteiger partial charge in [-0.25, -0.2) is 0 Å². The maximum Gasteiger partial charge on any atom is 0.229 e. The first-order valence-electron chi connectivity index (χ1n) is 8.79. The highest BCUT2D eigenvalue weighted by atomic mass is 16.2. The van der Waals surface area contributed by atoms with Crippen LogP contribution in [0, 0.1) is 12.8 Å². The first-order chi connectivity index (χ1) is 12.1. The number of nitrogens with one attached hydrogen (secondary N) is 1. The lowest BCUT2D eigenvalue weighted by molar-refractivity contribution is -0.128. The second-order valence-electron chi connectivity index (χ2n) is 6.66. The van der Waals surface area contributed by atoms with E-state index in [1.807, 2.05) is 55.5 Å². The third kappa shape index (κ3) is 4.08. The van der Waals surface area contributed by atoms with E-state index in [0.717, 1.165) is 23.2 Å². The summed E-state index contributed by atoms with van der Waals surface area (Å²) in [6, 6.07) is 16.0. The number of hydrogen-bond acceptors (Lipinski definition) is 2. The fourth-order valence-electron chi connectivity index (χ4n) is 3.20. The molecule has 1 fully saturated rings. The van der Waals surface area contributed by atoms with E-state index < -0.39 is 0 Å². The maximum absolute atomic E-state index is 12.6. The summed E-state index contributed by atoms with van der Waals surface area (Å²) < 4.78 is 0. The van der Waals surface area contributed by atoms with Gasteiger partial charge >= 0.3 is 0 Å². The van der Waals surface area contributed by atoms with E-state index in [4.69, 9.17) is 0 Å². The molecule has 25 heavy (non-hydrogen) atoms. The smallest absolute Gasteiger partial charge is 0.229 e. The van der Waals surface area contributed by atoms with Crippen LogP contribution in [0.1, 0.15) is 30.0 Å². The van der Waals surface area contributed by atoms with Gasteiger partial charge in [-0.3, -0.25) is 9.59 Å². The lowest BCUT2D eigenvalue weighted by Crippen LogP contribution is -2.28. The minimum atomic E-state index is -0.289. The molecule has 1 aliphatic rings. The largest absolute Gasteiger partial charge is 0.338 e. The molecule has 2 aromatic carbocycles. The molecular formula is C21H24N2O2. The number of carbonyl (C=O) groups is 2. The van der Waals surface area contributed by atoms with Gasteiger partial charge in [0.05, 0.1) is 5.92 Å². The van der Waals surface area contributed by atoms with Crippen molar-refractivity contribution >= 4 is 17.5 Å². The van der Waals surface area contributed by atoms with Gasteiger partial charge in [-0.05, 0) is 30.5 Å². The molecule has 1 aliphatic heterocycles. The second kappa shape index (κ2) is 7.51. The van der Waals surface area contributed by atoms with Crippen LogP contribution in [0.2, 0.25) is 0 Å². The molecule has 0 spiro atoms. The van der Waals surface area contributed by atoms with Gasteiger partial charge < -0.3 is 10.2 Å². The van der Waals surface area contributed by atoms with Crippen LogP contribution in [-0.2, 0) is 22.6 Å². The summed E-state index contributed by atoms with van der Waals surface area (Å²) in [6.07, 6.45) is 1.14. The summed E-state index contributed by atoms with van der Waals surface area (Å²) in [4.78, 5) is 26.6. The number of carbonyl (C=O) groups excluding carboxylic acids is 2. The van der Waals surface area contributed by atoms with E-state index in [0.29, 0.717) is 13.1 Å². The van der Waals surface area contributed by atoms with Crippen LogP contribution in [0.5, 0.6) is 0 Å². The van der Waals surface area contributed by atoms with Crippen molar-refractivity contribution in [2.75, 3.05) is 11.9 Å². The fourth-order valence-corrected chi connectivity index (χ4v) is 3.20. The molecule has 1 atom stereocenters. The molecule has 0 unspecified atom stereocenters. The van der Waals surface area contributed by atoms with Crippen molar-refractivity contribution in [2.45, 2.75) is 33.2 Å². The molecule has 0 aliphatic carbocycles. The van der Waals surface area contributed by atoms with Crippen molar-refractivity contribution in [1.29, 1.82) is 0 Å². The number of benzene rings is 2. The molecule has 0 saturated carbocycles. The number of rotatable bonds is 5. The molecule has 0 bridgehead atoms. The number of nitrogens with zero attached hydrogens (tertiary/aromatic N) is 1. The number of para-hydroxylation sites is 1. The van der Waals surface area contributed by atoms with Crippen molar-refractivity contribution in [2.24, 2.45) is 5.92 Å². The molecular weight excluding hydrogens is 312 g/mol. The van der Waals surface area contributed by atoms with E-state index in [9.17, 15) is 9.59 Å². The summed E-state index contributed by atoms with van der Waals surface area (Å²) in [7, 11) is 0. The number of aryl methyl sites for hydroxylation is 2. The molecule has 130 valence electrons. The molecule has 1 N–H and O–H groups in total. The first-order valence-corrected chi connectivity index (χ1v) is 8.79. The first kappa shape index (κ1) is 17.2. The van der Waals surface area contributed by atoms with Crippen LogP contribution in [-0.4, -0.2) is 23.3 Å². The predicted octanol–water partition coefficient (Wildman–Crippen LogP) is 3.54. The Morgan fingerprint density at radius 2 is 1.88 bits per heavy atom. The topological polar surface area (TPSA) is 49.4 Å². The lowest BCUT2D eigenvalue weighted by Gasteiger charge is -2.17. The lowest BCUT2D eigenvalue weighted by atomic mass is 10.1. The van der Waals surface area contributed by atoms with Crippen molar-refractivity contribution in [1.82, 2.24) is 4.90 Å². The third-order valence-electron chi connectivity index (χ3n) is 4.74. The van der Waals surface area contributed by atoms with Crippen LogP contribution >= 0.6 is 0 Å². The zero-order chi connectivity index (χ0) is 17.8. The number of likely N-dealkylation sites (tertiary alicyclic amines) is 1. The van der Waals surface area contributed by atoms with Crippen LogP contribution in [0.25, 0.3) is 0 Å². The molecule has 4 heteroatoms. The van der Waals surface area contributed by atoms with Gasteiger partial charge in [0, 0.05) is 25.2 Å². The maximum atomic E-state index is 12.6. The van der Waals surface area contributed by atoms with Crippen LogP contribution in [0.15, 0.2) is 48.5 Å². The normalized spacial score (nSPS) is 17.0. The van der Waals surface area contributed by atoms with Gasteiger partial charge in [-0.15, -0.1) is 0 Å². The third-order valence-corrected chi connectivity index (χ3v) is 4.74. The Bertz CT molecular complexity index is 768. The minimum absolute atomic E-state index is 0.0458. The van der Waals surface area contributed by atoms with Crippen molar-refractivity contribution in [3.05, 3.63) is 65.2 Å². The van der Waals surface area contributed by atoms with Gasteiger partial charge in [-0.2, -0.15) is 0 Å². The predicted molar refractivity (Wildman–Crippen MR) is 99.2 cm³/mol. The molecule has 3 rings (SSSR count). The summed E-state index contributed by atoms with van der Waals surface area (Å²) in [5, 5.41) is 3.00. The van der Waals surface area contributed by atoms with E-state index in [-0.39, 0.29) is 24.2 Å². The summed E-state index contributed by atoms with van der Waals surface area (Å²) in [6.45, 7) is 5.15. The second-order valence-corrected chi connectivity index (χ2v) is 6.66. The van der Waals surface area contributed by atoms with Gasteiger partial charge in [0.1, 0.15) is 0 Å². The summed E-state index contributed by atoms with van der Waals surface area (Å²) >= 11 is 0. The highest BCUT2D eigenvalue weighted by Gasteiger charge is 2.34. The Balaban J connectivity index is 1.63. The van der Waals surface area contributed by atoms with E-state index in [1.165, 1.54) is 5.56 Å². The van der Waals surface area contributed by atoms with Crippen molar-refractivity contribution in [3.8, 4) is 0 Å². The van der Waals surface area contributed by atoms with E-state index in [2.05, 4.69) is 12.2 Å². The summed E-state index contributed by atoms with van der Waals surface area (Å²) in [5.74, 6) is -0.312. The Kier molecular flexibility index (Phi) is 5.17. The molecule has 4 nitrogen and oxygen atoms in total. The quantitative estimate of drug-likeness (QED) is 0.908. The Hall–Kier alpha value is -2.62. The molecule has 0 aromatic heterocycles. The van der Waals surface area contributed by atoms with Gasteiger partial charge in [-0.1, -0.05) is 55.0 Å². The standard InChI is InChI=1S/C21H24N2O2/c1-3-17-6-4-5-7-19(17)22-21(25)18-12-20(24)23(14-18)13-16-10-8-15(2)9-11-16/h4-11,18H,3,12-14H2,1-2H3,(H,22,25)/t18-/m0/s1. The SMILES string of the molecule is CCc1ccccc1NC(=O)[C@H]1CC(=O)N(Cc2ccc(C)cc2)C1. The van der Waals surface area contributed by atoms with Gasteiger partial charge in [0.2, 0.25) is 11.8 Å². The van der Waals surface area contributed by atoms with E-state index in [1.54, 1.807) is 4.90 Å². The fraction of sp³-hybridized carbons (Fsp3) is 0.333. The average molecular weight is 336 g/mol. The molecule has 1 heterocycles. The van der Waals surface area contributed by atoms with Gasteiger partial charge in [0.25, 0.3) is 0 Å². The van der Waals surface area contributed by atoms with E-state index >= 15 is 0 Å². The van der Waals surface area contributed by atoms with Crippen molar-refractivity contribution < 1.29 is 9.59 Å². The summed E-state index contributed by atoms with van der Waals surface area (Å²) in [5.41, 5.74) is 4.25. The zero-order valence-corrected chi connectivity index (χ0v) is 14.8. The number of amides is 2. The number of hydrogen-bond donors (Lipinski definition) is 1. The van der Waals surface area contributed by atoms with Crippen molar-refractivity contribution in [3.63, 3.8) is 0 Å². The Morgan fingerprint density at radius 1 is 1.16 bits per heavy atom. The minimum Gasteiger partial charge on any atom is -0.338 e. The molecule has 0 radical (unpaired) electrons. The monoisotopic (exact) mass is 336 g/mol. The van der Waals surface area contributed by atoms with Crippen LogP contribution in [0.3, 0.4) is 0 Å². The zero-order valence-electron chi connectivity index (χ0n) is 14.8.